The van der Waals surface area contributed by atoms with Crippen molar-refractivity contribution >= 4 is 16.5 Å². The summed E-state index contributed by atoms with van der Waals surface area (Å²) in [6.45, 7) is 2.15. The number of hydrogen-bond acceptors (Lipinski definition) is 1. The third kappa shape index (κ3) is 1.46. The molecule has 0 aliphatic heterocycles. The van der Waals surface area contributed by atoms with Gasteiger partial charge in [0, 0.05) is 19.8 Å². The van der Waals surface area contributed by atoms with Gasteiger partial charge in [-0.05, 0) is 35.4 Å². The minimum atomic E-state index is 1.25. The van der Waals surface area contributed by atoms with Gasteiger partial charge in [-0.25, -0.2) is 0 Å². The second-order valence-electron chi connectivity index (χ2n) is 3.87. The number of aryl methyl sites for hydroxylation is 1. The number of nitrogens with zero attached hydrogens (tertiary/aromatic N) is 1. The number of anilines is 1. The molecule has 0 fully saturated rings. The topological polar surface area (TPSA) is 3.24 Å². The van der Waals surface area contributed by atoms with Gasteiger partial charge in [-0.3, -0.25) is 0 Å². The summed E-state index contributed by atoms with van der Waals surface area (Å²) in [6.07, 6.45) is 0. The Morgan fingerprint density at radius 3 is 2.50 bits per heavy atom. The average molecular weight is 185 g/mol. The summed E-state index contributed by atoms with van der Waals surface area (Å²) < 4.78 is 0. The van der Waals surface area contributed by atoms with Crippen LogP contribution < -0.4 is 4.90 Å². The van der Waals surface area contributed by atoms with Crippen molar-refractivity contribution in [3.05, 3.63) is 42.0 Å². The van der Waals surface area contributed by atoms with Crippen molar-refractivity contribution in [1.82, 2.24) is 0 Å². The molecule has 0 unspecified atom stereocenters. The van der Waals surface area contributed by atoms with E-state index in [1.165, 1.54) is 22.0 Å². The Labute approximate surface area is 85.0 Å². The van der Waals surface area contributed by atoms with Crippen molar-refractivity contribution in [3.8, 4) is 0 Å². The minimum absolute atomic E-state index is 1.25. The van der Waals surface area contributed by atoms with Crippen molar-refractivity contribution in [1.29, 1.82) is 0 Å². The summed E-state index contributed by atoms with van der Waals surface area (Å²) >= 11 is 0. The highest BCUT2D eigenvalue weighted by atomic mass is 15.1. The molecule has 0 aromatic heterocycles. The molecule has 0 heterocycles. The highest BCUT2D eigenvalue weighted by Gasteiger charge is 1.99. The van der Waals surface area contributed by atoms with Crippen LogP contribution >= 0.6 is 0 Å². The monoisotopic (exact) mass is 185 g/mol. The molecule has 0 N–H and O–H groups in total. The maximum Gasteiger partial charge on any atom is 0.0367 e. The average Bonchev–Trinajstić information content (AvgIpc) is 2.17. The van der Waals surface area contributed by atoms with Crippen LogP contribution in [0.25, 0.3) is 10.8 Å². The number of fused-ring (bicyclic) bond motifs is 1. The molecule has 72 valence electrons. The van der Waals surface area contributed by atoms with E-state index in [1.54, 1.807) is 0 Å². The smallest absolute Gasteiger partial charge is 0.0367 e. The quantitative estimate of drug-likeness (QED) is 0.659. The molecule has 2 aromatic carbocycles. The Morgan fingerprint density at radius 1 is 1.00 bits per heavy atom. The fourth-order valence-corrected chi connectivity index (χ4v) is 1.71. The van der Waals surface area contributed by atoms with Gasteiger partial charge in [-0.15, -0.1) is 0 Å². The lowest BCUT2D eigenvalue weighted by Gasteiger charge is -2.13. The Bertz CT molecular complexity index is 458. The second kappa shape index (κ2) is 3.33. The summed E-state index contributed by atoms with van der Waals surface area (Å²) in [4.78, 5) is 2.13. The summed E-state index contributed by atoms with van der Waals surface area (Å²) in [5, 5.41) is 2.66. The van der Waals surface area contributed by atoms with Crippen molar-refractivity contribution in [2.45, 2.75) is 6.92 Å². The highest BCUT2D eigenvalue weighted by molar-refractivity contribution is 5.88. The van der Waals surface area contributed by atoms with Gasteiger partial charge < -0.3 is 4.90 Å². The van der Waals surface area contributed by atoms with Gasteiger partial charge in [0.05, 0.1) is 0 Å². The van der Waals surface area contributed by atoms with Crippen LogP contribution in [-0.2, 0) is 0 Å². The number of hydrogen-bond donors (Lipinski definition) is 0. The van der Waals surface area contributed by atoms with Crippen molar-refractivity contribution in [2.24, 2.45) is 0 Å². The first kappa shape index (κ1) is 9.07. The van der Waals surface area contributed by atoms with E-state index in [9.17, 15) is 0 Å². The molecular weight excluding hydrogens is 170 g/mol. The lowest BCUT2D eigenvalue weighted by molar-refractivity contribution is 1.13. The van der Waals surface area contributed by atoms with Crippen LogP contribution in [0.15, 0.2) is 36.4 Å². The Morgan fingerprint density at radius 2 is 1.79 bits per heavy atom. The third-order valence-electron chi connectivity index (χ3n) is 2.60. The van der Waals surface area contributed by atoms with Gasteiger partial charge in [0.25, 0.3) is 0 Å². The SMILES string of the molecule is Cc1cccc2cc(N(C)C)ccc12. The van der Waals surface area contributed by atoms with Crippen LogP contribution in [-0.4, -0.2) is 14.1 Å². The third-order valence-corrected chi connectivity index (χ3v) is 2.60. The lowest BCUT2D eigenvalue weighted by Crippen LogP contribution is -2.08. The van der Waals surface area contributed by atoms with E-state index >= 15 is 0 Å². The lowest BCUT2D eigenvalue weighted by atomic mass is 10.1. The molecule has 0 bridgehead atoms. The molecule has 0 aliphatic rings. The molecule has 0 saturated carbocycles. The van der Waals surface area contributed by atoms with E-state index in [0.29, 0.717) is 0 Å². The maximum absolute atomic E-state index is 2.22. The van der Waals surface area contributed by atoms with Crippen LogP contribution in [0.1, 0.15) is 5.56 Å². The van der Waals surface area contributed by atoms with E-state index in [2.05, 4.69) is 62.3 Å². The second-order valence-corrected chi connectivity index (χ2v) is 3.87. The van der Waals surface area contributed by atoms with E-state index in [0.717, 1.165) is 0 Å². The first-order chi connectivity index (χ1) is 6.68. The first-order valence-corrected chi connectivity index (χ1v) is 4.85. The molecule has 0 atom stereocenters. The first-order valence-electron chi connectivity index (χ1n) is 4.85. The fraction of sp³-hybridized carbons (Fsp3) is 0.231. The molecule has 0 radical (unpaired) electrons. The normalized spacial score (nSPS) is 10.5. The molecule has 0 aliphatic carbocycles. The predicted octanol–water partition coefficient (Wildman–Crippen LogP) is 3.21. The fourth-order valence-electron chi connectivity index (χ4n) is 1.71. The van der Waals surface area contributed by atoms with Crippen LogP contribution in [0, 0.1) is 6.92 Å². The molecule has 1 heteroatoms. The zero-order chi connectivity index (χ0) is 10.1. The Kier molecular flexibility index (Phi) is 2.16. The van der Waals surface area contributed by atoms with Gasteiger partial charge >= 0.3 is 0 Å². The van der Waals surface area contributed by atoms with Crippen molar-refractivity contribution in [3.63, 3.8) is 0 Å². The Balaban J connectivity index is 2.67. The van der Waals surface area contributed by atoms with Crippen molar-refractivity contribution < 1.29 is 0 Å². The molecule has 0 saturated heterocycles. The standard InChI is InChI=1S/C13H15N/c1-10-5-4-6-11-9-12(14(2)3)7-8-13(10)11/h4-9H,1-3H3. The summed E-state index contributed by atoms with van der Waals surface area (Å²) in [7, 11) is 4.13. The summed E-state index contributed by atoms with van der Waals surface area (Å²) in [5.41, 5.74) is 2.59. The Hall–Kier alpha value is -1.50. The maximum atomic E-state index is 2.22. The van der Waals surface area contributed by atoms with E-state index in [-0.39, 0.29) is 0 Å². The van der Waals surface area contributed by atoms with Crippen LogP contribution in [0.3, 0.4) is 0 Å². The van der Waals surface area contributed by atoms with Gasteiger partial charge in [0.15, 0.2) is 0 Å². The van der Waals surface area contributed by atoms with E-state index in [4.69, 9.17) is 0 Å². The molecule has 2 rings (SSSR count). The molecule has 1 nitrogen and oxygen atoms in total. The van der Waals surface area contributed by atoms with E-state index < -0.39 is 0 Å². The summed E-state index contributed by atoms with van der Waals surface area (Å²) in [6, 6.07) is 13.0. The molecule has 0 amide bonds. The van der Waals surface area contributed by atoms with E-state index in [1.807, 2.05) is 0 Å². The van der Waals surface area contributed by atoms with Crippen molar-refractivity contribution in [2.75, 3.05) is 19.0 Å². The zero-order valence-corrected chi connectivity index (χ0v) is 8.91. The molecule has 2 aromatic rings. The van der Waals surface area contributed by atoms with Crippen LogP contribution in [0.2, 0.25) is 0 Å². The predicted molar refractivity (Wildman–Crippen MR) is 63.0 cm³/mol. The molecular formula is C13H15N. The number of rotatable bonds is 1. The summed E-state index contributed by atoms with van der Waals surface area (Å²) in [5.74, 6) is 0. The van der Waals surface area contributed by atoms with Crippen LogP contribution in [0.4, 0.5) is 5.69 Å². The van der Waals surface area contributed by atoms with Gasteiger partial charge in [-0.1, -0.05) is 24.3 Å². The molecule has 14 heavy (non-hydrogen) atoms. The highest BCUT2D eigenvalue weighted by Crippen LogP contribution is 2.23. The largest absolute Gasteiger partial charge is 0.378 e. The zero-order valence-electron chi connectivity index (χ0n) is 8.91. The number of benzene rings is 2. The minimum Gasteiger partial charge on any atom is -0.378 e. The van der Waals surface area contributed by atoms with Gasteiger partial charge in [0.1, 0.15) is 0 Å². The van der Waals surface area contributed by atoms with Gasteiger partial charge in [0.2, 0.25) is 0 Å². The molecule has 0 spiro atoms. The van der Waals surface area contributed by atoms with Crippen LogP contribution in [0.5, 0.6) is 0 Å². The van der Waals surface area contributed by atoms with Gasteiger partial charge in [-0.2, -0.15) is 0 Å².